The minimum atomic E-state index is -0.996. The second kappa shape index (κ2) is 12.4. The number of carbonyl (C=O) groups excluding carboxylic acids is 3. The van der Waals surface area contributed by atoms with E-state index in [1.165, 1.54) is 17.0 Å². The summed E-state index contributed by atoms with van der Waals surface area (Å²) in [5.41, 5.74) is 0.415. The number of hydrogen-bond acceptors (Lipinski definition) is 5. The van der Waals surface area contributed by atoms with Crippen molar-refractivity contribution < 1.29 is 24.2 Å². The molecule has 8 nitrogen and oxygen atoms in total. The van der Waals surface area contributed by atoms with Gasteiger partial charge < -0.3 is 25.4 Å². The number of unbranched alkanes of at least 4 members (excludes halogenated alkanes) is 1. The van der Waals surface area contributed by atoms with Gasteiger partial charge in [-0.1, -0.05) is 55.8 Å². The zero-order valence-corrected chi connectivity index (χ0v) is 22.7. The van der Waals surface area contributed by atoms with E-state index < -0.39 is 35.6 Å². The lowest BCUT2D eigenvalue weighted by Crippen LogP contribution is -2.51. The molecule has 3 aromatic rings. The van der Waals surface area contributed by atoms with Crippen molar-refractivity contribution >= 4 is 34.4 Å². The number of anilines is 1. The number of nitrogens with zero attached hydrogens (tertiary/aromatic N) is 1. The number of ether oxygens (including phenoxy) is 1. The van der Waals surface area contributed by atoms with E-state index in [0.29, 0.717) is 24.2 Å². The fraction of sp³-hybridized carbons (Fsp3) is 0.367. The molecule has 0 spiro atoms. The van der Waals surface area contributed by atoms with Gasteiger partial charge in [0.25, 0.3) is 5.91 Å². The standard InChI is InChI=1S/C30H37N3O5/c1-6-7-18-33(28(36)20(2)31-29(37)38-30(3,4)5)26(22-13-16-25(34)17-14-22)27(35)32-24-15-12-21-10-8-9-11-23(21)19-24/h8-17,19-20,26,34H,6-7,18H2,1-5H3,(H,31,37)(H,32,35). The van der Waals surface area contributed by atoms with Gasteiger partial charge in [0, 0.05) is 12.2 Å². The van der Waals surface area contributed by atoms with Gasteiger partial charge in [-0.3, -0.25) is 9.59 Å². The summed E-state index contributed by atoms with van der Waals surface area (Å²) in [5.74, 6) is -0.773. The fourth-order valence-electron chi connectivity index (χ4n) is 4.10. The van der Waals surface area contributed by atoms with Crippen molar-refractivity contribution in [3.05, 3.63) is 72.3 Å². The smallest absolute Gasteiger partial charge is 0.408 e. The lowest BCUT2D eigenvalue weighted by atomic mass is 10.0. The molecule has 0 aliphatic heterocycles. The first-order chi connectivity index (χ1) is 18.0. The Labute approximate surface area is 224 Å². The van der Waals surface area contributed by atoms with Gasteiger partial charge in [0.2, 0.25) is 5.91 Å². The number of rotatable bonds is 9. The summed E-state index contributed by atoms with van der Waals surface area (Å²) in [5, 5.41) is 17.4. The highest BCUT2D eigenvalue weighted by Gasteiger charge is 2.34. The number of benzene rings is 3. The molecule has 0 radical (unpaired) electrons. The first-order valence-corrected chi connectivity index (χ1v) is 12.9. The van der Waals surface area contributed by atoms with Crippen LogP contribution in [0.25, 0.3) is 10.8 Å². The molecule has 3 rings (SSSR count). The number of aromatic hydroxyl groups is 1. The lowest BCUT2D eigenvalue weighted by molar-refractivity contribution is -0.140. The maximum Gasteiger partial charge on any atom is 0.408 e. The van der Waals surface area contributed by atoms with Gasteiger partial charge >= 0.3 is 6.09 Å². The molecule has 0 heterocycles. The summed E-state index contributed by atoms with van der Waals surface area (Å²) in [6, 6.07) is 17.7. The number of fused-ring (bicyclic) bond motifs is 1. The summed E-state index contributed by atoms with van der Waals surface area (Å²) in [6.07, 6.45) is 0.741. The van der Waals surface area contributed by atoms with Crippen LogP contribution in [-0.2, 0) is 14.3 Å². The average Bonchev–Trinajstić information content (AvgIpc) is 2.85. The van der Waals surface area contributed by atoms with E-state index >= 15 is 0 Å². The zero-order chi connectivity index (χ0) is 27.9. The number of carbonyl (C=O) groups is 3. The second-order valence-corrected chi connectivity index (χ2v) is 10.3. The Bertz CT molecular complexity index is 1270. The van der Waals surface area contributed by atoms with Crippen LogP contribution in [-0.4, -0.2) is 46.1 Å². The Hall–Kier alpha value is -4.07. The first-order valence-electron chi connectivity index (χ1n) is 12.9. The second-order valence-electron chi connectivity index (χ2n) is 10.3. The molecule has 0 aliphatic carbocycles. The number of nitrogens with one attached hydrogen (secondary N) is 2. The Morgan fingerprint density at radius 3 is 2.26 bits per heavy atom. The maximum atomic E-state index is 13.8. The Kier molecular flexibility index (Phi) is 9.34. The third-order valence-electron chi connectivity index (χ3n) is 5.93. The summed E-state index contributed by atoms with van der Waals surface area (Å²) in [7, 11) is 0. The Morgan fingerprint density at radius 2 is 1.63 bits per heavy atom. The molecule has 2 unspecified atom stereocenters. The van der Waals surface area contributed by atoms with Crippen molar-refractivity contribution in [2.45, 2.75) is 65.1 Å². The van der Waals surface area contributed by atoms with Crippen LogP contribution in [0.1, 0.15) is 59.1 Å². The van der Waals surface area contributed by atoms with Crippen LogP contribution in [0.15, 0.2) is 66.7 Å². The van der Waals surface area contributed by atoms with Crippen LogP contribution < -0.4 is 10.6 Å². The van der Waals surface area contributed by atoms with Crippen molar-refractivity contribution in [2.24, 2.45) is 0 Å². The third kappa shape index (κ3) is 7.71. The van der Waals surface area contributed by atoms with Crippen molar-refractivity contribution in [3.8, 4) is 5.75 Å². The van der Waals surface area contributed by atoms with Crippen molar-refractivity contribution in [3.63, 3.8) is 0 Å². The molecule has 0 saturated carbocycles. The molecule has 0 saturated heterocycles. The summed E-state index contributed by atoms with van der Waals surface area (Å²) < 4.78 is 5.31. The van der Waals surface area contributed by atoms with E-state index in [4.69, 9.17) is 4.74 Å². The summed E-state index contributed by atoms with van der Waals surface area (Å²) in [4.78, 5) is 41.3. The molecule has 0 aliphatic rings. The van der Waals surface area contributed by atoms with Crippen LogP contribution in [0.3, 0.4) is 0 Å². The van der Waals surface area contributed by atoms with Gasteiger partial charge in [-0.05, 0) is 74.7 Å². The number of phenolic OH excluding ortho intramolecular Hbond substituents is 1. The number of amides is 3. The van der Waals surface area contributed by atoms with Crippen molar-refractivity contribution in [1.82, 2.24) is 10.2 Å². The minimum Gasteiger partial charge on any atom is -0.508 e. The highest BCUT2D eigenvalue weighted by molar-refractivity contribution is 6.00. The van der Waals surface area contributed by atoms with E-state index in [0.717, 1.165) is 17.2 Å². The molecular weight excluding hydrogens is 482 g/mol. The number of hydrogen-bond donors (Lipinski definition) is 3. The van der Waals surface area contributed by atoms with E-state index in [9.17, 15) is 19.5 Å². The quantitative estimate of drug-likeness (QED) is 0.333. The first kappa shape index (κ1) is 28.5. The molecule has 0 aromatic heterocycles. The van der Waals surface area contributed by atoms with Gasteiger partial charge in [-0.2, -0.15) is 0 Å². The molecule has 0 fully saturated rings. The van der Waals surface area contributed by atoms with Crippen molar-refractivity contribution in [2.75, 3.05) is 11.9 Å². The third-order valence-corrected chi connectivity index (χ3v) is 5.93. The normalized spacial score (nSPS) is 12.9. The maximum absolute atomic E-state index is 13.8. The SMILES string of the molecule is CCCCN(C(=O)C(C)NC(=O)OC(C)(C)C)C(C(=O)Nc1ccc2ccccc2c1)c1ccc(O)cc1. The predicted octanol–water partition coefficient (Wildman–Crippen LogP) is 5.77. The molecule has 3 aromatic carbocycles. The van der Waals surface area contributed by atoms with Crippen LogP contribution >= 0.6 is 0 Å². The molecule has 38 heavy (non-hydrogen) atoms. The molecule has 202 valence electrons. The van der Waals surface area contributed by atoms with Gasteiger partial charge in [0.05, 0.1) is 0 Å². The Morgan fingerprint density at radius 1 is 0.974 bits per heavy atom. The van der Waals surface area contributed by atoms with Gasteiger partial charge in [-0.15, -0.1) is 0 Å². The molecule has 0 bridgehead atoms. The lowest BCUT2D eigenvalue weighted by Gasteiger charge is -2.33. The summed E-state index contributed by atoms with van der Waals surface area (Å²) >= 11 is 0. The molecule has 8 heteroatoms. The van der Waals surface area contributed by atoms with E-state index in [1.807, 2.05) is 49.4 Å². The van der Waals surface area contributed by atoms with E-state index in [1.54, 1.807) is 39.8 Å². The topological polar surface area (TPSA) is 108 Å². The van der Waals surface area contributed by atoms with Crippen LogP contribution in [0.5, 0.6) is 5.75 Å². The minimum absolute atomic E-state index is 0.0498. The molecule has 2 atom stereocenters. The largest absolute Gasteiger partial charge is 0.508 e. The van der Waals surface area contributed by atoms with E-state index in [2.05, 4.69) is 10.6 Å². The Balaban J connectivity index is 1.94. The average molecular weight is 520 g/mol. The van der Waals surface area contributed by atoms with Gasteiger partial charge in [-0.25, -0.2) is 4.79 Å². The predicted molar refractivity (Wildman–Crippen MR) is 149 cm³/mol. The van der Waals surface area contributed by atoms with Crippen LogP contribution in [0, 0.1) is 0 Å². The molecular formula is C30H37N3O5. The van der Waals surface area contributed by atoms with Gasteiger partial charge in [0.1, 0.15) is 23.4 Å². The van der Waals surface area contributed by atoms with Crippen LogP contribution in [0.2, 0.25) is 0 Å². The van der Waals surface area contributed by atoms with Gasteiger partial charge in [0.15, 0.2) is 0 Å². The number of alkyl carbamates (subject to hydrolysis) is 1. The molecule has 3 N–H and O–H groups in total. The van der Waals surface area contributed by atoms with Crippen molar-refractivity contribution in [1.29, 1.82) is 0 Å². The van der Waals surface area contributed by atoms with E-state index in [-0.39, 0.29) is 5.75 Å². The summed E-state index contributed by atoms with van der Waals surface area (Å²) in [6.45, 7) is 9.09. The fourth-order valence-corrected chi connectivity index (χ4v) is 4.10. The van der Waals surface area contributed by atoms with Crippen LogP contribution in [0.4, 0.5) is 10.5 Å². The monoisotopic (exact) mass is 519 g/mol. The number of phenols is 1. The zero-order valence-electron chi connectivity index (χ0n) is 22.7. The molecule has 3 amide bonds. The highest BCUT2D eigenvalue weighted by Crippen LogP contribution is 2.27. The highest BCUT2D eigenvalue weighted by atomic mass is 16.6.